The summed E-state index contributed by atoms with van der Waals surface area (Å²) in [5.74, 6) is -0.563. The zero-order valence-electron chi connectivity index (χ0n) is 10.0. The Balaban J connectivity index is 2.61. The van der Waals surface area contributed by atoms with Gasteiger partial charge in [0.25, 0.3) is 0 Å². The number of nitrogens with zero attached hydrogens (tertiary/aromatic N) is 2. The topological polar surface area (TPSA) is 77.5 Å². The van der Waals surface area contributed by atoms with Crippen LogP contribution in [0.2, 0.25) is 0 Å². The van der Waals surface area contributed by atoms with Gasteiger partial charge in [-0.25, -0.2) is 4.79 Å². The van der Waals surface area contributed by atoms with Crippen molar-refractivity contribution in [2.24, 2.45) is 5.92 Å². The molecule has 0 aliphatic rings. The van der Waals surface area contributed by atoms with E-state index in [0.29, 0.717) is 18.8 Å². The van der Waals surface area contributed by atoms with Crippen LogP contribution in [0.1, 0.15) is 30.2 Å². The molecule has 1 rings (SSSR count). The molecule has 0 bridgehead atoms. The van der Waals surface area contributed by atoms with Crippen molar-refractivity contribution in [3.8, 4) is 6.07 Å². The van der Waals surface area contributed by atoms with E-state index in [1.165, 1.54) is 6.07 Å². The molecule has 0 saturated heterocycles. The van der Waals surface area contributed by atoms with Crippen molar-refractivity contribution in [2.75, 3.05) is 13.1 Å². The summed E-state index contributed by atoms with van der Waals surface area (Å²) in [4.78, 5) is 12.7. The number of hydrogen-bond acceptors (Lipinski definition) is 4. The van der Waals surface area contributed by atoms with Crippen LogP contribution in [-0.2, 0) is 6.54 Å². The number of carbonyl (C=O) groups is 1. The second-order valence-corrected chi connectivity index (χ2v) is 3.93. The summed E-state index contributed by atoms with van der Waals surface area (Å²) in [7, 11) is 0. The molecule has 1 aromatic heterocycles. The summed E-state index contributed by atoms with van der Waals surface area (Å²) in [6.45, 7) is 5.81. The largest absolute Gasteiger partial charge is 0.475 e. The van der Waals surface area contributed by atoms with Crippen molar-refractivity contribution < 1.29 is 14.3 Å². The summed E-state index contributed by atoms with van der Waals surface area (Å²) < 4.78 is 5.17. The average molecular weight is 236 g/mol. The van der Waals surface area contributed by atoms with Crippen LogP contribution in [0.4, 0.5) is 0 Å². The first-order valence-electron chi connectivity index (χ1n) is 5.50. The smallest absolute Gasteiger partial charge is 0.371 e. The maximum absolute atomic E-state index is 10.6. The highest BCUT2D eigenvalue weighted by Crippen LogP contribution is 2.11. The first kappa shape index (κ1) is 13.3. The van der Waals surface area contributed by atoms with E-state index in [-0.39, 0.29) is 11.7 Å². The van der Waals surface area contributed by atoms with Gasteiger partial charge < -0.3 is 9.52 Å². The minimum Gasteiger partial charge on any atom is -0.475 e. The summed E-state index contributed by atoms with van der Waals surface area (Å²) in [5, 5.41) is 17.5. The molecule has 0 amide bonds. The Morgan fingerprint density at radius 3 is 2.82 bits per heavy atom. The maximum Gasteiger partial charge on any atom is 0.371 e. The number of nitriles is 1. The van der Waals surface area contributed by atoms with Gasteiger partial charge in [0.2, 0.25) is 5.76 Å². The monoisotopic (exact) mass is 236 g/mol. The van der Waals surface area contributed by atoms with Gasteiger partial charge in [-0.1, -0.05) is 6.92 Å². The van der Waals surface area contributed by atoms with Gasteiger partial charge in [-0.05, 0) is 25.6 Å². The Bertz CT molecular complexity index is 420. The van der Waals surface area contributed by atoms with Crippen molar-refractivity contribution in [3.63, 3.8) is 0 Å². The Morgan fingerprint density at radius 2 is 2.35 bits per heavy atom. The zero-order valence-corrected chi connectivity index (χ0v) is 10.0. The summed E-state index contributed by atoms with van der Waals surface area (Å²) in [5.41, 5.74) is 0. The van der Waals surface area contributed by atoms with Crippen LogP contribution >= 0.6 is 0 Å². The van der Waals surface area contributed by atoms with Gasteiger partial charge in [0, 0.05) is 6.54 Å². The predicted molar refractivity (Wildman–Crippen MR) is 61.4 cm³/mol. The van der Waals surface area contributed by atoms with Crippen molar-refractivity contribution in [1.82, 2.24) is 4.90 Å². The lowest BCUT2D eigenvalue weighted by atomic mass is 10.2. The number of carboxylic acid groups (broad SMARTS) is 1. The summed E-state index contributed by atoms with van der Waals surface area (Å²) in [6.07, 6.45) is 0. The van der Waals surface area contributed by atoms with Gasteiger partial charge >= 0.3 is 5.97 Å². The highest BCUT2D eigenvalue weighted by Gasteiger charge is 2.13. The fourth-order valence-corrected chi connectivity index (χ4v) is 1.53. The molecule has 5 nitrogen and oxygen atoms in total. The SMILES string of the molecule is CCN(Cc1ccc(C(=O)O)o1)CC(C)C#N. The molecule has 0 saturated carbocycles. The Hall–Kier alpha value is -1.80. The summed E-state index contributed by atoms with van der Waals surface area (Å²) in [6, 6.07) is 5.27. The van der Waals surface area contributed by atoms with E-state index in [2.05, 4.69) is 6.07 Å². The molecular formula is C12H16N2O3. The van der Waals surface area contributed by atoms with Crippen LogP contribution < -0.4 is 0 Å². The van der Waals surface area contributed by atoms with Crippen molar-refractivity contribution in [1.29, 1.82) is 5.26 Å². The van der Waals surface area contributed by atoms with Crippen molar-refractivity contribution in [3.05, 3.63) is 23.7 Å². The van der Waals surface area contributed by atoms with Crippen LogP contribution in [0, 0.1) is 17.2 Å². The second kappa shape index (κ2) is 6.06. The number of furan rings is 1. The third-order valence-electron chi connectivity index (χ3n) is 2.45. The first-order valence-corrected chi connectivity index (χ1v) is 5.50. The molecule has 1 aromatic rings. The van der Waals surface area contributed by atoms with E-state index in [0.717, 1.165) is 6.54 Å². The molecule has 0 fully saturated rings. The van der Waals surface area contributed by atoms with Crippen LogP contribution in [0.5, 0.6) is 0 Å². The number of hydrogen-bond donors (Lipinski definition) is 1. The third kappa shape index (κ3) is 3.93. The fourth-order valence-electron chi connectivity index (χ4n) is 1.53. The van der Waals surface area contributed by atoms with Crippen LogP contribution in [-0.4, -0.2) is 29.1 Å². The van der Waals surface area contributed by atoms with E-state index in [1.54, 1.807) is 6.07 Å². The van der Waals surface area contributed by atoms with E-state index < -0.39 is 5.97 Å². The van der Waals surface area contributed by atoms with Gasteiger partial charge in [0.1, 0.15) is 5.76 Å². The normalized spacial score (nSPS) is 12.4. The number of carboxylic acids is 1. The lowest BCUT2D eigenvalue weighted by Gasteiger charge is -2.19. The van der Waals surface area contributed by atoms with E-state index in [4.69, 9.17) is 14.8 Å². The highest BCUT2D eigenvalue weighted by atomic mass is 16.4. The fraction of sp³-hybridized carbons (Fsp3) is 0.500. The molecule has 0 spiro atoms. The minimum atomic E-state index is -1.07. The van der Waals surface area contributed by atoms with Gasteiger partial charge in [-0.2, -0.15) is 5.26 Å². The van der Waals surface area contributed by atoms with Gasteiger partial charge in [-0.3, -0.25) is 4.90 Å². The number of rotatable bonds is 6. The molecule has 1 N–H and O–H groups in total. The number of aromatic carboxylic acids is 1. The van der Waals surface area contributed by atoms with Crippen molar-refractivity contribution in [2.45, 2.75) is 20.4 Å². The highest BCUT2D eigenvalue weighted by molar-refractivity contribution is 5.84. The quantitative estimate of drug-likeness (QED) is 0.816. The minimum absolute atomic E-state index is 0.0515. The first-order chi connectivity index (χ1) is 8.06. The third-order valence-corrected chi connectivity index (χ3v) is 2.45. The van der Waals surface area contributed by atoms with Gasteiger partial charge in [-0.15, -0.1) is 0 Å². The molecule has 0 aromatic carbocycles. The Morgan fingerprint density at radius 1 is 1.65 bits per heavy atom. The molecule has 1 atom stereocenters. The molecule has 1 unspecified atom stereocenters. The van der Waals surface area contributed by atoms with E-state index in [9.17, 15) is 4.79 Å². The molecule has 0 aliphatic heterocycles. The Labute approximate surface area is 100 Å². The second-order valence-electron chi connectivity index (χ2n) is 3.93. The molecule has 5 heteroatoms. The molecular weight excluding hydrogens is 220 g/mol. The van der Waals surface area contributed by atoms with Crippen LogP contribution in [0.25, 0.3) is 0 Å². The lowest BCUT2D eigenvalue weighted by molar-refractivity contribution is 0.0658. The summed E-state index contributed by atoms with van der Waals surface area (Å²) >= 11 is 0. The molecule has 92 valence electrons. The van der Waals surface area contributed by atoms with Gasteiger partial charge in [0.05, 0.1) is 18.5 Å². The molecule has 1 heterocycles. The van der Waals surface area contributed by atoms with Gasteiger partial charge in [0.15, 0.2) is 0 Å². The molecule has 17 heavy (non-hydrogen) atoms. The zero-order chi connectivity index (χ0) is 12.8. The van der Waals surface area contributed by atoms with Crippen molar-refractivity contribution >= 4 is 5.97 Å². The van der Waals surface area contributed by atoms with Crippen LogP contribution in [0.15, 0.2) is 16.5 Å². The van der Waals surface area contributed by atoms with E-state index in [1.807, 2.05) is 18.7 Å². The standard InChI is InChI=1S/C12H16N2O3/c1-3-14(7-9(2)6-13)8-10-4-5-11(17-10)12(15)16/h4-5,9H,3,7-8H2,1-2H3,(H,15,16). The lowest BCUT2D eigenvalue weighted by Crippen LogP contribution is -2.27. The average Bonchev–Trinajstić information content (AvgIpc) is 2.76. The predicted octanol–water partition coefficient (Wildman–Crippen LogP) is 1.96. The maximum atomic E-state index is 10.6. The van der Waals surface area contributed by atoms with Crippen LogP contribution in [0.3, 0.4) is 0 Å². The Kier molecular flexibility index (Phi) is 4.73. The molecule has 0 aliphatic carbocycles. The molecule has 0 radical (unpaired) electrons. The van der Waals surface area contributed by atoms with E-state index >= 15 is 0 Å².